The molecule has 0 spiro atoms. The number of hydrogen-bond acceptors (Lipinski definition) is 9. The second kappa shape index (κ2) is 10.7. The van der Waals surface area contributed by atoms with Crippen LogP contribution in [0.15, 0.2) is 40.7 Å². The fourth-order valence-corrected chi connectivity index (χ4v) is 4.56. The number of phenols is 1. The molecule has 1 aromatic rings. The summed E-state index contributed by atoms with van der Waals surface area (Å²) in [4.78, 5) is 39.4. The van der Waals surface area contributed by atoms with Crippen LogP contribution in [0.2, 0.25) is 0 Å². The van der Waals surface area contributed by atoms with Gasteiger partial charge in [0, 0.05) is 30.0 Å². The Hall–Kier alpha value is -3.33. The van der Waals surface area contributed by atoms with Gasteiger partial charge in [0.15, 0.2) is 17.3 Å². The van der Waals surface area contributed by atoms with Crippen LogP contribution in [-0.2, 0) is 28.6 Å². The van der Waals surface area contributed by atoms with Crippen LogP contribution in [0, 0.1) is 11.8 Å². The number of methoxy groups -OCH3 is 2. The summed E-state index contributed by atoms with van der Waals surface area (Å²) in [5.41, 5.74) is 2.31. The van der Waals surface area contributed by atoms with Crippen LogP contribution >= 0.6 is 0 Å². The van der Waals surface area contributed by atoms with E-state index in [1.165, 1.54) is 20.3 Å². The van der Waals surface area contributed by atoms with Crippen molar-refractivity contribution >= 4 is 17.7 Å². The van der Waals surface area contributed by atoms with Crippen molar-refractivity contribution in [2.24, 2.45) is 11.8 Å². The topological polar surface area (TPSA) is 120 Å². The van der Waals surface area contributed by atoms with Crippen molar-refractivity contribution in [2.75, 3.05) is 34.0 Å². The van der Waals surface area contributed by atoms with E-state index in [0.29, 0.717) is 35.6 Å². The Labute approximate surface area is 198 Å². The van der Waals surface area contributed by atoms with Crippen LogP contribution < -0.4 is 10.1 Å². The monoisotopic (exact) mass is 473 g/mol. The highest BCUT2D eigenvalue weighted by Crippen LogP contribution is 2.46. The van der Waals surface area contributed by atoms with Gasteiger partial charge in [0.1, 0.15) is 12.5 Å². The predicted octanol–water partition coefficient (Wildman–Crippen LogP) is 2.59. The highest BCUT2D eigenvalue weighted by atomic mass is 16.6. The molecular weight excluding hydrogens is 442 g/mol. The van der Waals surface area contributed by atoms with Gasteiger partial charge in [-0.3, -0.25) is 9.59 Å². The third-order valence-corrected chi connectivity index (χ3v) is 6.10. The van der Waals surface area contributed by atoms with Crippen LogP contribution in [0.1, 0.15) is 38.7 Å². The van der Waals surface area contributed by atoms with E-state index in [9.17, 15) is 19.5 Å². The molecule has 1 aromatic carbocycles. The first-order valence-corrected chi connectivity index (χ1v) is 11.2. The molecule has 0 fully saturated rings. The molecular formula is C25H31NO8. The highest BCUT2D eigenvalue weighted by molar-refractivity contribution is 6.12. The third-order valence-electron chi connectivity index (χ3n) is 6.10. The lowest BCUT2D eigenvalue weighted by Crippen LogP contribution is -2.43. The first-order valence-electron chi connectivity index (χ1n) is 11.2. The van der Waals surface area contributed by atoms with Gasteiger partial charge < -0.3 is 29.4 Å². The predicted molar refractivity (Wildman–Crippen MR) is 122 cm³/mol. The number of rotatable bonds is 8. The van der Waals surface area contributed by atoms with Crippen LogP contribution in [0.25, 0.3) is 0 Å². The number of hydrogen-bond donors (Lipinski definition) is 2. The first kappa shape index (κ1) is 25.3. The number of allylic oxidation sites excluding steroid dienone is 3. The van der Waals surface area contributed by atoms with E-state index in [0.717, 1.165) is 0 Å². The highest BCUT2D eigenvalue weighted by Gasteiger charge is 2.47. The average molecular weight is 474 g/mol. The van der Waals surface area contributed by atoms with Gasteiger partial charge in [-0.25, -0.2) is 4.79 Å². The molecule has 3 atom stereocenters. The zero-order chi connectivity index (χ0) is 25.0. The van der Waals surface area contributed by atoms with Gasteiger partial charge >= 0.3 is 11.9 Å². The molecule has 0 unspecified atom stereocenters. The number of nitrogens with one attached hydrogen (secondary N) is 1. The van der Waals surface area contributed by atoms with E-state index in [1.807, 2.05) is 6.92 Å². The molecule has 0 saturated heterocycles. The standard InChI is InChI=1S/C25H31NO8/c1-6-33-18-12-15(7-8-17(18)27)21-20(25(30)34-10-9-31-4)14(3)26-16-11-13(2)19(24(29)32-5)23(28)22(16)21/h7-8,12-13,19,21,26-27H,6,9-11H2,1-5H3/t13-,19+,21-/m1/s1. The number of aromatic hydroxyl groups is 1. The van der Waals surface area contributed by atoms with Gasteiger partial charge in [-0.05, 0) is 43.9 Å². The quantitative estimate of drug-likeness (QED) is 0.333. The van der Waals surface area contributed by atoms with Gasteiger partial charge in [0.05, 0.1) is 25.9 Å². The minimum atomic E-state index is -0.985. The molecule has 1 aliphatic heterocycles. The smallest absolute Gasteiger partial charge is 0.336 e. The largest absolute Gasteiger partial charge is 0.504 e. The molecule has 0 aromatic heterocycles. The van der Waals surface area contributed by atoms with Gasteiger partial charge in [0.25, 0.3) is 0 Å². The van der Waals surface area contributed by atoms with Crippen molar-refractivity contribution in [3.05, 3.63) is 46.3 Å². The number of esters is 2. The maximum Gasteiger partial charge on any atom is 0.336 e. The van der Waals surface area contributed by atoms with Gasteiger partial charge in [0.2, 0.25) is 0 Å². The van der Waals surface area contributed by atoms with Gasteiger partial charge in [-0.1, -0.05) is 13.0 Å². The summed E-state index contributed by atoms with van der Waals surface area (Å²) in [6, 6.07) is 4.69. The molecule has 34 heavy (non-hydrogen) atoms. The Bertz CT molecular complexity index is 1040. The Balaban J connectivity index is 2.16. The van der Waals surface area contributed by atoms with Crippen LogP contribution in [0.3, 0.4) is 0 Å². The number of phenolic OH excluding ortho intramolecular Hbond substituents is 1. The SMILES string of the molecule is CCOc1cc([C@@H]2C(C(=O)OCCOC)=C(C)NC3=C2C(=O)[C@@H](C(=O)OC)[C@H](C)C3)ccc1O. The molecule has 184 valence electrons. The lowest BCUT2D eigenvalue weighted by atomic mass is 9.69. The number of benzene rings is 1. The zero-order valence-corrected chi connectivity index (χ0v) is 20.1. The Kier molecular flexibility index (Phi) is 7.98. The normalized spacial score (nSPS) is 22.1. The minimum absolute atomic E-state index is 0.0419. The van der Waals surface area contributed by atoms with Crippen LogP contribution in [0.5, 0.6) is 11.5 Å². The lowest BCUT2D eigenvalue weighted by Gasteiger charge is -2.38. The lowest BCUT2D eigenvalue weighted by molar-refractivity contribution is -0.151. The Morgan fingerprint density at radius 3 is 2.59 bits per heavy atom. The van der Waals surface area contributed by atoms with E-state index >= 15 is 0 Å². The summed E-state index contributed by atoms with van der Waals surface area (Å²) >= 11 is 0. The van der Waals surface area contributed by atoms with E-state index in [4.69, 9.17) is 18.9 Å². The van der Waals surface area contributed by atoms with Gasteiger partial charge in [-0.15, -0.1) is 0 Å². The second-order valence-electron chi connectivity index (χ2n) is 8.32. The summed E-state index contributed by atoms with van der Waals surface area (Å²) in [7, 11) is 2.75. The second-order valence-corrected chi connectivity index (χ2v) is 8.32. The molecule has 0 bridgehead atoms. The molecule has 0 saturated carbocycles. The molecule has 1 aliphatic carbocycles. The number of Topliss-reactive ketones (excluding diaryl/α,β-unsaturated/α-hetero) is 1. The number of ether oxygens (including phenoxy) is 4. The van der Waals surface area contributed by atoms with Crippen molar-refractivity contribution < 1.29 is 38.4 Å². The zero-order valence-electron chi connectivity index (χ0n) is 20.1. The van der Waals surface area contributed by atoms with E-state index in [1.54, 1.807) is 26.0 Å². The molecule has 0 amide bonds. The van der Waals surface area contributed by atoms with Crippen molar-refractivity contribution in [3.8, 4) is 11.5 Å². The summed E-state index contributed by atoms with van der Waals surface area (Å²) in [5.74, 6) is -3.54. The average Bonchev–Trinajstić information content (AvgIpc) is 2.79. The molecule has 1 heterocycles. The number of dihydropyridines is 1. The van der Waals surface area contributed by atoms with Gasteiger partial charge in [-0.2, -0.15) is 0 Å². The summed E-state index contributed by atoms with van der Waals surface area (Å²) in [6.45, 7) is 5.93. The maximum absolute atomic E-state index is 13.7. The number of carbonyl (C=O) groups excluding carboxylic acids is 3. The Morgan fingerprint density at radius 2 is 1.94 bits per heavy atom. The molecule has 3 rings (SSSR count). The van der Waals surface area contributed by atoms with Crippen molar-refractivity contribution in [2.45, 2.75) is 33.1 Å². The number of carbonyl (C=O) groups is 3. The minimum Gasteiger partial charge on any atom is -0.504 e. The van der Waals surface area contributed by atoms with E-state index in [2.05, 4.69) is 5.32 Å². The maximum atomic E-state index is 13.7. The van der Waals surface area contributed by atoms with E-state index < -0.39 is 29.6 Å². The number of ketones is 1. The molecule has 2 aliphatic rings. The van der Waals surface area contributed by atoms with Crippen LogP contribution in [0.4, 0.5) is 0 Å². The van der Waals surface area contributed by atoms with Crippen molar-refractivity contribution in [1.82, 2.24) is 5.32 Å². The first-order chi connectivity index (χ1) is 16.2. The molecule has 0 radical (unpaired) electrons. The van der Waals surface area contributed by atoms with Crippen molar-refractivity contribution in [3.63, 3.8) is 0 Å². The van der Waals surface area contributed by atoms with Crippen molar-refractivity contribution in [1.29, 1.82) is 0 Å². The fourth-order valence-electron chi connectivity index (χ4n) is 4.56. The fraction of sp³-hybridized carbons (Fsp3) is 0.480. The molecule has 9 nitrogen and oxygen atoms in total. The Morgan fingerprint density at radius 1 is 1.21 bits per heavy atom. The third kappa shape index (κ3) is 4.79. The molecule has 2 N–H and O–H groups in total. The van der Waals surface area contributed by atoms with E-state index in [-0.39, 0.29) is 36.2 Å². The van der Waals surface area contributed by atoms with Crippen LogP contribution in [-0.4, -0.2) is 56.9 Å². The summed E-state index contributed by atoms with van der Waals surface area (Å²) in [6.07, 6.45) is 0.428. The summed E-state index contributed by atoms with van der Waals surface area (Å²) < 4.78 is 20.8. The summed E-state index contributed by atoms with van der Waals surface area (Å²) in [5, 5.41) is 13.4. The molecule has 9 heteroatoms.